The first-order chi connectivity index (χ1) is 13.9. The molecule has 3 rings (SSSR count). The summed E-state index contributed by atoms with van der Waals surface area (Å²) in [6, 6.07) is 16.8. The first-order valence-corrected chi connectivity index (χ1v) is 8.91. The van der Waals surface area contributed by atoms with Gasteiger partial charge in [0.1, 0.15) is 29.2 Å². The third kappa shape index (κ3) is 5.52. The SMILES string of the molecule is C[C@H](OCc1cccc(F)c1N)C(=O)Nc1ccc(Oc2ccc(F)cc2)cc1. The number of carbonyl (C=O) groups excluding carboxylic acids is 1. The second kappa shape index (κ2) is 9.16. The molecule has 0 fully saturated rings. The van der Waals surface area contributed by atoms with E-state index in [0.29, 0.717) is 22.7 Å². The lowest BCUT2D eigenvalue weighted by Crippen LogP contribution is -2.27. The van der Waals surface area contributed by atoms with Gasteiger partial charge in [-0.3, -0.25) is 4.79 Å². The van der Waals surface area contributed by atoms with Crippen molar-refractivity contribution in [1.82, 2.24) is 0 Å². The number of nitrogens with two attached hydrogens (primary N) is 1. The summed E-state index contributed by atoms with van der Waals surface area (Å²) in [5.74, 6) is -0.174. The Balaban J connectivity index is 1.53. The largest absolute Gasteiger partial charge is 0.457 e. The van der Waals surface area contributed by atoms with E-state index in [2.05, 4.69) is 5.32 Å². The predicted octanol–water partition coefficient (Wildman–Crippen LogP) is 4.88. The Morgan fingerprint density at radius 2 is 1.62 bits per heavy atom. The van der Waals surface area contributed by atoms with Gasteiger partial charge in [0, 0.05) is 11.3 Å². The third-order valence-electron chi connectivity index (χ3n) is 4.17. The summed E-state index contributed by atoms with van der Waals surface area (Å²) in [6.45, 7) is 1.61. The molecule has 7 heteroatoms. The molecule has 0 aliphatic rings. The second-order valence-electron chi connectivity index (χ2n) is 6.34. The van der Waals surface area contributed by atoms with Crippen molar-refractivity contribution in [2.45, 2.75) is 19.6 Å². The number of para-hydroxylation sites is 1. The number of hydrogen-bond donors (Lipinski definition) is 2. The van der Waals surface area contributed by atoms with Gasteiger partial charge in [0.15, 0.2) is 0 Å². The molecular weight excluding hydrogens is 378 g/mol. The number of ether oxygens (including phenoxy) is 2. The Bertz CT molecular complexity index is 976. The number of hydrogen-bond acceptors (Lipinski definition) is 4. The zero-order valence-corrected chi connectivity index (χ0v) is 15.7. The van der Waals surface area contributed by atoms with Crippen molar-refractivity contribution in [3.63, 3.8) is 0 Å². The number of anilines is 2. The summed E-state index contributed by atoms with van der Waals surface area (Å²) in [5.41, 5.74) is 6.71. The quantitative estimate of drug-likeness (QED) is 0.556. The minimum Gasteiger partial charge on any atom is -0.457 e. The molecule has 3 N–H and O–H groups in total. The van der Waals surface area contributed by atoms with E-state index < -0.39 is 11.9 Å². The molecule has 0 unspecified atom stereocenters. The molecule has 29 heavy (non-hydrogen) atoms. The van der Waals surface area contributed by atoms with Crippen molar-refractivity contribution < 1.29 is 23.0 Å². The van der Waals surface area contributed by atoms with Crippen LogP contribution in [0.2, 0.25) is 0 Å². The average Bonchev–Trinajstić information content (AvgIpc) is 2.72. The molecule has 5 nitrogen and oxygen atoms in total. The number of rotatable bonds is 7. The molecule has 0 heterocycles. The molecule has 150 valence electrons. The second-order valence-corrected chi connectivity index (χ2v) is 6.34. The highest BCUT2D eigenvalue weighted by molar-refractivity contribution is 5.93. The van der Waals surface area contributed by atoms with Crippen molar-refractivity contribution in [2.24, 2.45) is 0 Å². The molecule has 0 saturated heterocycles. The maximum absolute atomic E-state index is 13.5. The van der Waals surface area contributed by atoms with E-state index in [-0.39, 0.29) is 24.0 Å². The van der Waals surface area contributed by atoms with E-state index >= 15 is 0 Å². The van der Waals surface area contributed by atoms with Crippen molar-refractivity contribution in [3.8, 4) is 11.5 Å². The van der Waals surface area contributed by atoms with Crippen LogP contribution in [0.5, 0.6) is 11.5 Å². The Labute approximate surface area is 167 Å². The minimum absolute atomic E-state index is 0.0110. The Morgan fingerprint density at radius 3 is 2.28 bits per heavy atom. The van der Waals surface area contributed by atoms with Gasteiger partial charge in [-0.05, 0) is 61.5 Å². The number of halogens is 2. The van der Waals surface area contributed by atoms with Crippen LogP contribution in [0.3, 0.4) is 0 Å². The van der Waals surface area contributed by atoms with Crippen molar-refractivity contribution in [3.05, 3.63) is 83.9 Å². The van der Waals surface area contributed by atoms with E-state index in [1.807, 2.05) is 0 Å². The van der Waals surface area contributed by atoms with E-state index in [9.17, 15) is 13.6 Å². The van der Waals surface area contributed by atoms with Gasteiger partial charge >= 0.3 is 0 Å². The van der Waals surface area contributed by atoms with Crippen LogP contribution in [0.15, 0.2) is 66.7 Å². The Morgan fingerprint density at radius 1 is 1.00 bits per heavy atom. The molecule has 0 aliphatic carbocycles. The van der Waals surface area contributed by atoms with Gasteiger partial charge < -0.3 is 20.5 Å². The lowest BCUT2D eigenvalue weighted by atomic mass is 10.2. The van der Waals surface area contributed by atoms with E-state index in [4.69, 9.17) is 15.2 Å². The Kier molecular flexibility index (Phi) is 6.41. The highest BCUT2D eigenvalue weighted by atomic mass is 19.1. The molecular formula is C22H20F2N2O3. The van der Waals surface area contributed by atoms with Crippen molar-refractivity contribution >= 4 is 17.3 Å². The summed E-state index contributed by atoms with van der Waals surface area (Å²) >= 11 is 0. The molecule has 1 atom stereocenters. The van der Waals surface area contributed by atoms with Gasteiger partial charge in [-0.1, -0.05) is 12.1 Å². The first kappa shape index (κ1) is 20.3. The molecule has 0 spiro atoms. The van der Waals surface area contributed by atoms with Crippen molar-refractivity contribution in [2.75, 3.05) is 11.1 Å². The third-order valence-corrected chi connectivity index (χ3v) is 4.17. The highest BCUT2D eigenvalue weighted by Crippen LogP contribution is 2.23. The first-order valence-electron chi connectivity index (χ1n) is 8.91. The van der Waals surface area contributed by atoms with Crippen LogP contribution in [0.25, 0.3) is 0 Å². The molecule has 1 amide bonds. The lowest BCUT2D eigenvalue weighted by molar-refractivity contribution is -0.127. The van der Waals surface area contributed by atoms with E-state index in [0.717, 1.165) is 0 Å². The minimum atomic E-state index is -0.771. The highest BCUT2D eigenvalue weighted by Gasteiger charge is 2.15. The summed E-state index contributed by atoms with van der Waals surface area (Å²) in [4.78, 5) is 12.3. The van der Waals surface area contributed by atoms with Gasteiger partial charge in [-0.15, -0.1) is 0 Å². The fourth-order valence-corrected chi connectivity index (χ4v) is 2.49. The van der Waals surface area contributed by atoms with Gasteiger partial charge in [0.2, 0.25) is 0 Å². The summed E-state index contributed by atoms with van der Waals surface area (Å²) in [5, 5.41) is 2.73. The number of amides is 1. The van der Waals surface area contributed by atoms with Crippen LogP contribution >= 0.6 is 0 Å². The smallest absolute Gasteiger partial charge is 0.253 e. The molecule has 0 aliphatic heterocycles. The van der Waals surface area contributed by atoms with Crippen LogP contribution < -0.4 is 15.8 Å². The maximum atomic E-state index is 13.5. The zero-order chi connectivity index (χ0) is 20.8. The van der Waals surface area contributed by atoms with Crippen molar-refractivity contribution in [1.29, 1.82) is 0 Å². The summed E-state index contributed by atoms with van der Waals surface area (Å²) < 4.78 is 37.5. The molecule has 3 aromatic rings. The van der Waals surface area contributed by atoms with Crippen LogP contribution in [0.1, 0.15) is 12.5 Å². The van der Waals surface area contributed by atoms with E-state index in [1.54, 1.807) is 37.3 Å². The zero-order valence-electron chi connectivity index (χ0n) is 15.7. The normalized spacial score (nSPS) is 11.7. The monoisotopic (exact) mass is 398 g/mol. The number of benzene rings is 3. The lowest BCUT2D eigenvalue weighted by Gasteiger charge is -2.15. The fraction of sp³-hybridized carbons (Fsp3) is 0.136. The maximum Gasteiger partial charge on any atom is 0.253 e. The van der Waals surface area contributed by atoms with Crippen LogP contribution in [-0.4, -0.2) is 12.0 Å². The Hall–Kier alpha value is -3.45. The molecule has 0 aromatic heterocycles. The van der Waals surface area contributed by atoms with Crippen LogP contribution in [-0.2, 0) is 16.1 Å². The number of nitrogen functional groups attached to an aromatic ring is 1. The fourth-order valence-electron chi connectivity index (χ4n) is 2.49. The van der Waals surface area contributed by atoms with Crippen LogP contribution in [0, 0.1) is 11.6 Å². The molecule has 0 bridgehead atoms. The van der Waals surface area contributed by atoms with Gasteiger partial charge in [-0.2, -0.15) is 0 Å². The number of carbonyl (C=O) groups is 1. The van der Waals surface area contributed by atoms with Crippen LogP contribution in [0.4, 0.5) is 20.2 Å². The average molecular weight is 398 g/mol. The van der Waals surface area contributed by atoms with Gasteiger partial charge in [-0.25, -0.2) is 8.78 Å². The summed E-state index contributed by atoms with van der Waals surface area (Å²) in [6.07, 6.45) is -0.771. The number of nitrogens with one attached hydrogen (secondary N) is 1. The molecule has 3 aromatic carbocycles. The standard InChI is InChI=1S/C22H20F2N2O3/c1-14(28-13-15-3-2-4-20(24)21(15)25)22(27)26-17-7-11-19(12-8-17)29-18-9-5-16(23)6-10-18/h2-12,14H,13,25H2,1H3,(H,26,27)/t14-/m0/s1. The van der Waals surface area contributed by atoms with E-state index in [1.165, 1.54) is 36.4 Å². The summed E-state index contributed by atoms with van der Waals surface area (Å²) in [7, 11) is 0. The molecule has 0 radical (unpaired) electrons. The molecule has 0 saturated carbocycles. The predicted molar refractivity (Wildman–Crippen MR) is 107 cm³/mol. The van der Waals surface area contributed by atoms with Gasteiger partial charge in [0.25, 0.3) is 5.91 Å². The topological polar surface area (TPSA) is 73.6 Å². The van der Waals surface area contributed by atoms with Gasteiger partial charge in [0.05, 0.1) is 12.3 Å².